The first-order valence-corrected chi connectivity index (χ1v) is 9.17. The highest BCUT2D eigenvalue weighted by molar-refractivity contribution is 6.30. The van der Waals surface area contributed by atoms with Crippen molar-refractivity contribution < 1.29 is 0 Å². The maximum Gasteiger partial charge on any atom is 0.132 e. The number of nitrogens with zero attached hydrogens (tertiary/aromatic N) is 5. The molecule has 0 N–H and O–H groups in total. The lowest BCUT2D eigenvalue weighted by molar-refractivity contribution is 0.481. The van der Waals surface area contributed by atoms with Gasteiger partial charge in [-0.15, -0.1) is 0 Å². The molecule has 1 aliphatic rings. The highest BCUT2D eigenvalue weighted by Gasteiger charge is 2.32. The Morgan fingerprint density at radius 3 is 2.72 bits per heavy atom. The number of hydrogen-bond donors (Lipinski definition) is 0. The topological polar surface area (TPSA) is 57.7 Å². The predicted molar refractivity (Wildman–Crippen MR) is 99.8 cm³/mol. The van der Waals surface area contributed by atoms with Gasteiger partial charge in [-0.25, -0.2) is 4.98 Å². The van der Waals surface area contributed by atoms with Crippen molar-refractivity contribution in [1.82, 2.24) is 14.8 Å². The molecular weight excluding hydrogens is 334 g/mol. The third-order valence-electron chi connectivity index (χ3n) is 4.72. The van der Waals surface area contributed by atoms with Gasteiger partial charge >= 0.3 is 0 Å². The maximum absolute atomic E-state index is 9.12. The van der Waals surface area contributed by atoms with Crippen LogP contribution in [0.4, 0.5) is 5.82 Å². The second kappa shape index (κ2) is 7.05. The minimum atomic E-state index is 0.188. The zero-order chi connectivity index (χ0) is 18.1. The Hall–Kier alpha value is -2.06. The van der Waals surface area contributed by atoms with Crippen LogP contribution < -0.4 is 4.90 Å². The van der Waals surface area contributed by atoms with Crippen LogP contribution >= 0.6 is 11.6 Å². The molecule has 1 saturated heterocycles. The van der Waals surface area contributed by atoms with Crippen molar-refractivity contribution in [3.8, 4) is 6.07 Å². The first-order chi connectivity index (χ1) is 11.9. The summed E-state index contributed by atoms with van der Waals surface area (Å²) in [5.41, 5.74) is 3.50. The molecule has 0 saturated carbocycles. The first-order valence-electron chi connectivity index (χ1n) is 8.79. The Labute approximate surface area is 154 Å². The molecule has 0 aliphatic carbocycles. The Kier molecular flexibility index (Phi) is 5.01. The van der Waals surface area contributed by atoms with Crippen molar-refractivity contribution in [2.45, 2.75) is 53.1 Å². The maximum atomic E-state index is 9.12. The molecule has 0 radical (unpaired) electrons. The fourth-order valence-electron chi connectivity index (χ4n) is 3.58. The fraction of sp³-hybridized carbons (Fsp3) is 0.526. The second-order valence-corrected chi connectivity index (χ2v) is 7.49. The fourth-order valence-corrected chi connectivity index (χ4v) is 3.95. The second-order valence-electron chi connectivity index (χ2n) is 7.13. The van der Waals surface area contributed by atoms with Gasteiger partial charge in [0.25, 0.3) is 0 Å². The average Bonchev–Trinajstić information content (AvgIpc) is 3.12. The monoisotopic (exact) mass is 357 g/mol. The summed E-state index contributed by atoms with van der Waals surface area (Å²) in [5.74, 6) is 1.40. The zero-order valence-electron chi connectivity index (χ0n) is 15.3. The van der Waals surface area contributed by atoms with Crippen molar-refractivity contribution >= 4 is 17.4 Å². The summed E-state index contributed by atoms with van der Waals surface area (Å²) in [6, 6.07) is 6.16. The van der Waals surface area contributed by atoms with E-state index < -0.39 is 0 Å². The minimum absolute atomic E-state index is 0.188. The summed E-state index contributed by atoms with van der Waals surface area (Å²) < 4.78 is 1.92. The van der Waals surface area contributed by atoms with Crippen LogP contribution in [-0.2, 0) is 6.54 Å². The highest BCUT2D eigenvalue weighted by Crippen LogP contribution is 2.40. The number of aryl methyl sites for hydroxylation is 2. The summed E-state index contributed by atoms with van der Waals surface area (Å²) in [5, 5.41) is 14.5. The molecule has 0 amide bonds. The smallest absolute Gasteiger partial charge is 0.132 e. The minimum Gasteiger partial charge on any atom is -0.349 e. The lowest BCUT2D eigenvalue weighted by Crippen LogP contribution is -2.24. The SMILES string of the molecule is Cc1nc(N2CCCC2c2c(C)nn(CC(C)C)c2Cl)ccc1C#N. The largest absolute Gasteiger partial charge is 0.349 e. The molecule has 5 nitrogen and oxygen atoms in total. The Morgan fingerprint density at radius 1 is 1.32 bits per heavy atom. The summed E-state index contributed by atoms with van der Waals surface area (Å²) in [4.78, 5) is 6.94. The molecule has 6 heteroatoms. The number of nitriles is 1. The zero-order valence-corrected chi connectivity index (χ0v) is 16.0. The van der Waals surface area contributed by atoms with Crippen LogP contribution in [0.3, 0.4) is 0 Å². The highest BCUT2D eigenvalue weighted by atomic mass is 35.5. The van der Waals surface area contributed by atoms with Gasteiger partial charge in [-0.05, 0) is 44.7 Å². The van der Waals surface area contributed by atoms with Gasteiger partial charge in [0.15, 0.2) is 0 Å². The molecule has 1 unspecified atom stereocenters. The van der Waals surface area contributed by atoms with E-state index in [1.807, 2.05) is 30.7 Å². The predicted octanol–water partition coefficient (Wildman–Crippen LogP) is 4.42. The Balaban J connectivity index is 1.96. The third kappa shape index (κ3) is 3.36. The lowest BCUT2D eigenvalue weighted by Gasteiger charge is -2.26. The van der Waals surface area contributed by atoms with Crippen molar-refractivity contribution in [3.05, 3.63) is 39.8 Å². The molecule has 2 aromatic rings. The quantitative estimate of drug-likeness (QED) is 0.812. The van der Waals surface area contributed by atoms with E-state index in [4.69, 9.17) is 16.9 Å². The third-order valence-corrected chi connectivity index (χ3v) is 5.12. The van der Waals surface area contributed by atoms with E-state index in [0.29, 0.717) is 11.5 Å². The van der Waals surface area contributed by atoms with Crippen molar-refractivity contribution in [3.63, 3.8) is 0 Å². The first kappa shape index (κ1) is 17.8. The van der Waals surface area contributed by atoms with E-state index in [9.17, 15) is 0 Å². The molecule has 0 bridgehead atoms. The molecule has 0 spiro atoms. The van der Waals surface area contributed by atoms with Gasteiger partial charge in [0.05, 0.1) is 23.0 Å². The summed E-state index contributed by atoms with van der Waals surface area (Å²) in [7, 11) is 0. The van der Waals surface area contributed by atoms with Crippen LogP contribution in [0.1, 0.15) is 55.2 Å². The summed E-state index contributed by atoms with van der Waals surface area (Å²) >= 11 is 6.70. The summed E-state index contributed by atoms with van der Waals surface area (Å²) in [6.07, 6.45) is 2.13. The number of pyridine rings is 1. The van der Waals surface area contributed by atoms with Crippen LogP contribution in [0.5, 0.6) is 0 Å². The van der Waals surface area contributed by atoms with Crippen LogP contribution in [0.25, 0.3) is 0 Å². The number of aromatic nitrogens is 3. The molecule has 2 aromatic heterocycles. The molecule has 1 fully saturated rings. The molecular formula is C19H24ClN5. The van der Waals surface area contributed by atoms with Crippen LogP contribution in [0.2, 0.25) is 5.15 Å². The van der Waals surface area contributed by atoms with Gasteiger partial charge in [-0.3, -0.25) is 4.68 Å². The van der Waals surface area contributed by atoms with E-state index >= 15 is 0 Å². The number of anilines is 1. The van der Waals surface area contributed by atoms with Crippen molar-refractivity contribution in [2.24, 2.45) is 5.92 Å². The molecule has 1 aliphatic heterocycles. The van der Waals surface area contributed by atoms with Gasteiger partial charge in [0.1, 0.15) is 17.0 Å². The molecule has 132 valence electrons. The molecule has 3 rings (SSSR count). The summed E-state index contributed by atoms with van der Waals surface area (Å²) in [6.45, 7) is 10.0. The van der Waals surface area contributed by atoms with Crippen LogP contribution in [0, 0.1) is 31.1 Å². The van der Waals surface area contributed by atoms with E-state index in [2.05, 4.69) is 34.9 Å². The Morgan fingerprint density at radius 2 is 2.08 bits per heavy atom. The van der Waals surface area contributed by atoms with Gasteiger partial charge in [0.2, 0.25) is 0 Å². The van der Waals surface area contributed by atoms with Gasteiger partial charge in [0, 0.05) is 18.7 Å². The number of halogens is 1. The number of rotatable bonds is 4. The lowest BCUT2D eigenvalue weighted by atomic mass is 10.1. The van der Waals surface area contributed by atoms with E-state index in [0.717, 1.165) is 53.9 Å². The molecule has 25 heavy (non-hydrogen) atoms. The average molecular weight is 358 g/mol. The van der Waals surface area contributed by atoms with Crippen molar-refractivity contribution in [1.29, 1.82) is 5.26 Å². The van der Waals surface area contributed by atoms with Gasteiger partial charge in [-0.2, -0.15) is 10.4 Å². The standard InChI is InChI=1S/C19H24ClN5/c1-12(2)11-25-19(20)18(14(4)23-25)16-6-5-9-24(16)17-8-7-15(10-21)13(3)22-17/h7-8,12,16H,5-6,9,11H2,1-4H3. The Bertz CT molecular complexity index is 818. The number of hydrogen-bond acceptors (Lipinski definition) is 4. The molecule has 3 heterocycles. The van der Waals surface area contributed by atoms with E-state index in [1.165, 1.54) is 0 Å². The molecule has 1 atom stereocenters. The van der Waals surface area contributed by atoms with Gasteiger partial charge < -0.3 is 4.90 Å². The van der Waals surface area contributed by atoms with E-state index in [-0.39, 0.29) is 6.04 Å². The normalized spacial score (nSPS) is 17.3. The van der Waals surface area contributed by atoms with Crippen LogP contribution in [-0.4, -0.2) is 21.3 Å². The van der Waals surface area contributed by atoms with E-state index in [1.54, 1.807) is 0 Å². The van der Waals surface area contributed by atoms with Crippen LogP contribution in [0.15, 0.2) is 12.1 Å². The van der Waals surface area contributed by atoms with Gasteiger partial charge in [-0.1, -0.05) is 25.4 Å². The molecule has 0 aromatic carbocycles. The van der Waals surface area contributed by atoms with Crippen molar-refractivity contribution in [2.75, 3.05) is 11.4 Å².